The van der Waals surface area contributed by atoms with Gasteiger partial charge in [-0.3, -0.25) is 14.4 Å². The van der Waals surface area contributed by atoms with Crippen LogP contribution in [0.25, 0.3) is 6.08 Å². The molecule has 3 amide bonds. The lowest BCUT2D eigenvalue weighted by molar-refractivity contribution is -0.226. The first-order valence-corrected chi connectivity index (χ1v) is 21.2. The predicted octanol–water partition coefficient (Wildman–Crippen LogP) is 3.01. The second-order valence-electron chi connectivity index (χ2n) is 16.6. The minimum atomic E-state index is -2.15. The number of hydrogen-bond donors (Lipinski definition) is 9. The Morgan fingerprint density at radius 1 is 0.969 bits per heavy atom. The molecule has 2 aliphatic rings. The normalized spacial score (nSPS) is 21.2. The molecule has 18 nitrogen and oxygen atoms in total. The van der Waals surface area contributed by atoms with E-state index in [1.54, 1.807) is 50.4 Å². The number of aliphatic carboxylic acids is 1. The number of rotatable bonds is 17. The van der Waals surface area contributed by atoms with Gasteiger partial charge in [0.05, 0.1) is 31.1 Å². The first-order valence-electron chi connectivity index (χ1n) is 21.2. The molecule has 1 aliphatic carbocycles. The van der Waals surface area contributed by atoms with Crippen molar-refractivity contribution >= 4 is 29.8 Å². The number of aliphatic hydroxyl groups is 3. The molecule has 1 saturated heterocycles. The van der Waals surface area contributed by atoms with E-state index >= 15 is 0 Å². The van der Waals surface area contributed by atoms with Crippen molar-refractivity contribution in [2.45, 2.75) is 114 Å². The molecule has 9 N–H and O–H groups in total. The largest absolute Gasteiger partial charge is 0.507 e. The lowest BCUT2D eigenvalue weighted by atomic mass is 9.81. The molecule has 6 atom stereocenters. The van der Waals surface area contributed by atoms with E-state index < -0.39 is 72.7 Å². The van der Waals surface area contributed by atoms with Gasteiger partial charge in [-0.05, 0) is 85.3 Å². The van der Waals surface area contributed by atoms with Crippen molar-refractivity contribution in [2.75, 3.05) is 13.7 Å². The van der Waals surface area contributed by atoms with Crippen LogP contribution in [0.15, 0.2) is 66.9 Å². The summed E-state index contributed by atoms with van der Waals surface area (Å²) in [5.74, 6) is -2.83. The van der Waals surface area contributed by atoms with Crippen LogP contribution in [0.3, 0.4) is 0 Å². The molecule has 6 rings (SSSR count). The number of aryl methyl sites for hydroxylation is 2. The highest BCUT2D eigenvalue weighted by atomic mass is 16.6. The SMILES string of the molecule is COc1cc(C(=O)NCc2cccc(/C=C/C[C@]3(C(=O)O)C[C@H](O)[C@@H](NC(=O)Cn4cc(C5CCCCC5)nn4)[C@H]([C@H](O)[C@H](O)CNC(=O)c4cc(C)c(O)c(C)c4)O3)c2)ccc1O. The van der Waals surface area contributed by atoms with Gasteiger partial charge in [-0.2, -0.15) is 0 Å². The number of phenolic OH excluding ortho intramolecular Hbond substituents is 2. The molecule has 0 radical (unpaired) electrons. The van der Waals surface area contributed by atoms with Crippen molar-refractivity contribution < 1.29 is 59.3 Å². The third-order valence-corrected chi connectivity index (χ3v) is 11.8. The smallest absolute Gasteiger partial charge is 0.336 e. The molecule has 1 aromatic heterocycles. The van der Waals surface area contributed by atoms with Crippen molar-refractivity contribution in [1.29, 1.82) is 0 Å². The van der Waals surface area contributed by atoms with Crippen LogP contribution in [0.1, 0.15) is 99.5 Å². The Hall–Kier alpha value is -6.34. The molecule has 0 bridgehead atoms. The van der Waals surface area contributed by atoms with Crippen LogP contribution in [0.5, 0.6) is 17.2 Å². The summed E-state index contributed by atoms with van der Waals surface area (Å²) >= 11 is 0. The van der Waals surface area contributed by atoms with Gasteiger partial charge in [0, 0.05) is 49.2 Å². The van der Waals surface area contributed by atoms with Gasteiger partial charge >= 0.3 is 5.97 Å². The predicted molar refractivity (Wildman–Crippen MR) is 231 cm³/mol. The number of hydrogen-bond acceptors (Lipinski definition) is 13. The number of benzene rings is 3. The van der Waals surface area contributed by atoms with Gasteiger partial charge in [0.25, 0.3) is 11.8 Å². The second kappa shape index (κ2) is 20.9. The number of carbonyl (C=O) groups is 4. The van der Waals surface area contributed by atoms with Crippen LogP contribution in [0.2, 0.25) is 0 Å². The van der Waals surface area contributed by atoms with Crippen LogP contribution in [-0.4, -0.2) is 119 Å². The number of nitrogens with zero attached hydrogens (tertiary/aromatic N) is 3. The molecular formula is C46H56N6O12. The number of nitrogens with one attached hydrogen (secondary N) is 3. The third-order valence-electron chi connectivity index (χ3n) is 11.8. The fourth-order valence-electron chi connectivity index (χ4n) is 8.26. The first-order chi connectivity index (χ1) is 30.6. The number of aromatic nitrogens is 3. The number of methoxy groups -OCH3 is 1. The van der Waals surface area contributed by atoms with Gasteiger partial charge < -0.3 is 56.1 Å². The minimum absolute atomic E-state index is 0.0296. The van der Waals surface area contributed by atoms with Gasteiger partial charge in [-0.1, -0.05) is 54.8 Å². The number of ether oxygens (including phenoxy) is 2. The number of aliphatic hydroxyl groups excluding tert-OH is 3. The Labute approximate surface area is 369 Å². The molecule has 4 aromatic rings. The molecular weight excluding hydrogens is 829 g/mol. The summed E-state index contributed by atoms with van der Waals surface area (Å²) in [6, 6.07) is 12.8. The Balaban J connectivity index is 1.17. The Kier molecular flexibility index (Phi) is 15.4. The summed E-state index contributed by atoms with van der Waals surface area (Å²) in [7, 11) is 1.38. The topological polar surface area (TPSA) is 275 Å². The molecule has 64 heavy (non-hydrogen) atoms. The first kappa shape index (κ1) is 47.1. The summed E-state index contributed by atoms with van der Waals surface area (Å²) in [6.45, 7) is 2.55. The quantitative estimate of drug-likeness (QED) is 0.0738. The zero-order valence-corrected chi connectivity index (χ0v) is 35.9. The molecule has 2 fully saturated rings. The summed E-state index contributed by atoms with van der Waals surface area (Å²) < 4.78 is 12.6. The van der Waals surface area contributed by atoms with E-state index in [0.717, 1.165) is 37.8 Å². The number of carbonyl (C=O) groups excluding carboxylic acids is 3. The van der Waals surface area contributed by atoms with E-state index in [9.17, 15) is 49.8 Å². The van der Waals surface area contributed by atoms with E-state index in [1.807, 2.05) is 0 Å². The highest BCUT2D eigenvalue weighted by Gasteiger charge is 2.54. The molecule has 0 spiro atoms. The summed E-state index contributed by atoms with van der Waals surface area (Å²) in [5.41, 5.74) is 1.35. The van der Waals surface area contributed by atoms with Gasteiger partial charge in [0.1, 0.15) is 24.5 Å². The lowest BCUT2D eigenvalue weighted by Crippen LogP contribution is -2.67. The van der Waals surface area contributed by atoms with Crippen LogP contribution in [-0.2, 0) is 27.4 Å². The van der Waals surface area contributed by atoms with Gasteiger partial charge in [-0.15, -0.1) is 5.10 Å². The van der Waals surface area contributed by atoms with Gasteiger partial charge in [0.15, 0.2) is 17.1 Å². The van der Waals surface area contributed by atoms with E-state index in [0.29, 0.717) is 22.3 Å². The van der Waals surface area contributed by atoms with Crippen molar-refractivity contribution in [3.8, 4) is 17.2 Å². The fourth-order valence-corrected chi connectivity index (χ4v) is 8.26. The molecule has 2 heterocycles. The molecule has 342 valence electrons. The van der Waals surface area contributed by atoms with Crippen LogP contribution in [0.4, 0.5) is 0 Å². The number of carboxylic acids is 1. The van der Waals surface area contributed by atoms with Gasteiger partial charge in [-0.25, -0.2) is 9.48 Å². The number of aromatic hydroxyl groups is 2. The van der Waals surface area contributed by atoms with Crippen LogP contribution < -0.4 is 20.7 Å². The van der Waals surface area contributed by atoms with E-state index in [1.165, 1.54) is 48.2 Å². The maximum absolute atomic E-state index is 13.5. The van der Waals surface area contributed by atoms with Gasteiger partial charge in [0.2, 0.25) is 5.91 Å². The Morgan fingerprint density at radius 3 is 2.39 bits per heavy atom. The van der Waals surface area contributed by atoms with Crippen LogP contribution >= 0.6 is 0 Å². The maximum atomic E-state index is 13.5. The average molecular weight is 885 g/mol. The monoisotopic (exact) mass is 884 g/mol. The van der Waals surface area contributed by atoms with Crippen molar-refractivity contribution in [1.82, 2.24) is 30.9 Å². The van der Waals surface area contributed by atoms with Crippen molar-refractivity contribution in [3.05, 3.63) is 106 Å². The zero-order chi connectivity index (χ0) is 46.1. The Morgan fingerprint density at radius 2 is 1.69 bits per heavy atom. The third kappa shape index (κ3) is 11.4. The Bertz CT molecular complexity index is 2320. The number of amides is 3. The summed E-state index contributed by atoms with van der Waals surface area (Å²) in [6.07, 6.45) is 2.27. The molecule has 0 unspecified atom stereocenters. The van der Waals surface area contributed by atoms with E-state index in [4.69, 9.17) is 9.47 Å². The minimum Gasteiger partial charge on any atom is -0.507 e. The van der Waals surface area contributed by atoms with Crippen LogP contribution in [0, 0.1) is 13.8 Å². The highest BCUT2D eigenvalue weighted by molar-refractivity contribution is 5.95. The fraction of sp³-hybridized carbons (Fsp3) is 0.435. The number of carboxylic acid groups (broad SMARTS) is 1. The molecule has 3 aromatic carbocycles. The number of phenols is 2. The second-order valence-corrected chi connectivity index (χ2v) is 16.6. The van der Waals surface area contributed by atoms with Crippen molar-refractivity contribution in [3.63, 3.8) is 0 Å². The average Bonchev–Trinajstić information content (AvgIpc) is 3.75. The molecule has 18 heteroatoms. The maximum Gasteiger partial charge on any atom is 0.336 e. The molecule has 1 saturated carbocycles. The van der Waals surface area contributed by atoms with E-state index in [-0.39, 0.29) is 53.8 Å². The molecule has 1 aliphatic heterocycles. The highest BCUT2D eigenvalue weighted by Crippen LogP contribution is 2.36. The standard InChI is InChI=1S/C46H56N6O12/c1-26-17-32(18-27(2)40(26)57)44(60)48-23-36(55)41(58)42-39(49-38(56)25-52-24-33(50-51-52)30-12-5-4-6-13-30)35(54)21-46(64-42,45(61)62)16-8-11-28-9-7-10-29(19-28)22-47-43(59)31-14-15-34(53)37(20-31)63-3/h7-11,14-15,17-20,24,30,35-36,39,41-42,53-55,57-58H,4-6,12-13,16,21-23,25H2,1-3H3,(H,47,59)(H,48,60)(H,49,56)(H,61,62)/b11-8+/t35-,36+,39+,41+,42+,46+/m0/s1. The lowest BCUT2D eigenvalue weighted by Gasteiger charge is -2.47. The van der Waals surface area contributed by atoms with Crippen molar-refractivity contribution in [2.24, 2.45) is 0 Å². The zero-order valence-electron chi connectivity index (χ0n) is 35.9. The summed E-state index contributed by atoms with van der Waals surface area (Å²) in [4.78, 5) is 52.4. The van der Waals surface area contributed by atoms with E-state index in [2.05, 4.69) is 26.3 Å². The summed E-state index contributed by atoms with van der Waals surface area (Å²) in [5, 5.41) is 81.5.